The summed E-state index contributed by atoms with van der Waals surface area (Å²) in [6.45, 7) is 5.13. The third-order valence-corrected chi connectivity index (χ3v) is 3.41. The molecule has 0 spiro atoms. The summed E-state index contributed by atoms with van der Waals surface area (Å²) in [5.74, 6) is 1.71. The Balaban J connectivity index is 1.84. The minimum Gasteiger partial charge on any atom is -0.493 e. The molecular formula is C16H23NO. The van der Waals surface area contributed by atoms with Crippen molar-refractivity contribution in [1.29, 1.82) is 0 Å². The highest BCUT2D eigenvalue weighted by Crippen LogP contribution is 2.35. The molecule has 2 heteroatoms. The van der Waals surface area contributed by atoms with Crippen LogP contribution in [0.3, 0.4) is 0 Å². The fourth-order valence-corrected chi connectivity index (χ4v) is 2.40. The van der Waals surface area contributed by atoms with Crippen molar-refractivity contribution < 1.29 is 4.74 Å². The summed E-state index contributed by atoms with van der Waals surface area (Å²) in [5.41, 5.74) is 1.38. The first-order chi connectivity index (χ1) is 8.92. The zero-order valence-corrected chi connectivity index (χ0v) is 11.2. The highest BCUT2D eigenvalue weighted by Gasteiger charge is 2.19. The maximum atomic E-state index is 5.68. The molecule has 0 aromatic heterocycles. The van der Waals surface area contributed by atoms with Crippen LogP contribution >= 0.6 is 0 Å². The molecule has 1 unspecified atom stereocenters. The molecule has 1 aromatic rings. The maximum Gasteiger partial charge on any atom is 0.122 e. The molecule has 0 saturated heterocycles. The van der Waals surface area contributed by atoms with Gasteiger partial charge in [0.2, 0.25) is 0 Å². The maximum absolute atomic E-state index is 5.68. The Kier molecular flexibility index (Phi) is 5.28. The van der Waals surface area contributed by atoms with E-state index in [2.05, 4.69) is 42.6 Å². The van der Waals surface area contributed by atoms with Gasteiger partial charge in [-0.3, -0.25) is 0 Å². The van der Waals surface area contributed by atoms with Crippen molar-refractivity contribution in [1.82, 2.24) is 5.32 Å². The van der Waals surface area contributed by atoms with E-state index in [1.165, 1.54) is 5.56 Å². The Labute approximate surface area is 110 Å². The Morgan fingerprint density at radius 1 is 1.33 bits per heavy atom. The van der Waals surface area contributed by atoms with Crippen LogP contribution in [0.4, 0.5) is 0 Å². The quantitative estimate of drug-likeness (QED) is 0.612. The van der Waals surface area contributed by atoms with Gasteiger partial charge in [0.25, 0.3) is 0 Å². The second kappa shape index (κ2) is 7.22. The lowest BCUT2D eigenvalue weighted by atomic mass is 9.90. The number of hydrogen-bond donors (Lipinski definition) is 1. The number of nitrogens with one attached hydrogen (secondary N) is 1. The molecule has 0 aliphatic carbocycles. The van der Waals surface area contributed by atoms with E-state index in [1.807, 2.05) is 6.07 Å². The molecule has 0 radical (unpaired) electrons. The first-order valence-corrected chi connectivity index (χ1v) is 6.99. The highest BCUT2D eigenvalue weighted by atomic mass is 16.5. The van der Waals surface area contributed by atoms with Crippen LogP contribution in [0.5, 0.6) is 5.75 Å². The van der Waals surface area contributed by atoms with Crippen LogP contribution in [0.25, 0.3) is 0 Å². The van der Waals surface area contributed by atoms with Crippen molar-refractivity contribution in [3.63, 3.8) is 0 Å². The third kappa shape index (κ3) is 3.61. The Bertz CT molecular complexity index is 386. The number of fused-ring (bicyclic) bond motifs is 1. The van der Waals surface area contributed by atoms with Crippen LogP contribution in [0.15, 0.2) is 36.4 Å². The summed E-state index contributed by atoms with van der Waals surface area (Å²) in [7, 11) is 0. The fraction of sp³-hybridized carbons (Fsp3) is 0.500. The van der Waals surface area contributed by atoms with Gasteiger partial charge in [-0.25, -0.2) is 0 Å². The molecule has 0 bridgehead atoms. The molecule has 1 aliphatic heterocycles. The zero-order chi connectivity index (χ0) is 12.6. The molecule has 1 N–H and O–H groups in total. The second-order valence-corrected chi connectivity index (χ2v) is 4.72. The molecule has 0 saturated carbocycles. The number of ether oxygens (including phenoxy) is 1. The van der Waals surface area contributed by atoms with Gasteiger partial charge in [-0.05, 0) is 49.9 Å². The van der Waals surface area contributed by atoms with Crippen molar-refractivity contribution in [2.75, 3.05) is 19.7 Å². The molecule has 98 valence electrons. The van der Waals surface area contributed by atoms with E-state index >= 15 is 0 Å². The first kappa shape index (κ1) is 13.2. The molecule has 1 aromatic carbocycles. The summed E-state index contributed by atoms with van der Waals surface area (Å²) in [5, 5.41) is 3.33. The van der Waals surface area contributed by atoms with Crippen LogP contribution in [0, 0.1) is 0 Å². The van der Waals surface area contributed by atoms with Crippen molar-refractivity contribution >= 4 is 0 Å². The van der Waals surface area contributed by atoms with Gasteiger partial charge in [0, 0.05) is 0 Å². The number of rotatable bonds is 6. The lowest BCUT2D eigenvalue weighted by Gasteiger charge is -2.24. The smallest absolute Gasteiger partial charge is 0.122 e. The fourth-order valence-electron chi connectivity index (χ4n) is 2.40. The lowest BCUT2D eigenvalue weighted by molar-refractivity contribution is 0.267. The van der Waals surface area contributed by atoms with Gasteiger partial charge in [-0.15, -0.1) is 0 Å². The monoisotopic (exact) mass is 245 g/mol. The Morgan fingerprint density at radius 3 is 3.11 bits per heavy atom. The SMILES string of the molecule is CCNCC/C=C/CC1CCOc2ccccc21. The molecule has 0 amide bonds. The second-order valence-electron chi connectivity index (χ2n) is 4.72. The number of para-hydroxylation sites is 1. The molecule has 18 heavy (non-hydrogen) atoms. The normalized spacial score (nSPS) is 18.6. The molecule has 0 fully saturated rings. The van der Waals surface area contributed by atoms with Gasteiger partial charge >= 0.3 is 0 Å². The van der Waals surface area contributed by atoms with E-state index in [1.54, 1.807) is 0 Å². The van der Waals surface area contributed by atoms with Crippen LogP contribution in [-0.2, 0) is 0 Å². The van der Waals surface area contributed by atoms with Crippen LogP contribution in [0.1, 0.15) is 37.7 Å². The zero-order valence-electron chi connectivity index (χ0n) is 11.2. The van der Waals surface area contributed by atoms with Gasteiger partial charge in [-0.1, -0.05) is 37.3 Å². The lowest BCUT2D eigenvalue weighted by Crippen LogP contribution is -2.14. The van der Waals surface area contributed by atoms with Gasteiger partial charge in [0.1, 0.15) is 5.75 Å². The predicted molar refractivity (Wildman–Crippen MR) is 76.2 cm³/mol. The van der Waals surface area contributed by atoms with E-state index in [0.717, 1.165) is 44.7 Å². The van der Waals surface area contributed by atoms with Gasteiger partial charge in [0.05, 0.1) is 6.61 Å². The van der Waals surface area contributed by atoms with E-state index in [-0.39, 0.29) is 0 Å². The average molecular weight is 245 g/mol. The summed E-state index contributed by atoms with van der Waals surface area (Å²) >= 11 is 0. The molecule has 1 atom stereocenters. The van der Waals surface area contributed by atoms with Crippen LogP contribution in [-0.4, -0.2) is 19.7 Å². The largest absolute Gasteiger partial charge is 0.493 e. The van der Waals surface area contributed by atoms with E-state index in [9.17, 15) is 0 Å². The van der Waals surface area contributed by atoms with Crippen molar-refractivity contribution in [2.24, 2.45) is 0 Å². The number of hydrogen-bond acceptors (Lipinski definition) is 2. The van der Waals surface area contributed by atoms with Crippen LogP contribution < -0.4 is 10.1 Å². The summed E-state index contributed by atoms with van der Waals surface area (Å²) in [6, 6.07) is 8.44. The van der Waals surface area contributed by atoms with Crippen molar-refractivity contribution in [3.05, 3.63) is 42.0 Å². The molecule has 1 heterocycles. The molecular weight excluding hydrogens is 222 g/mol. The van der Waals surface area contributed by atoms with Gasteiger partial charge < -0.3 is 10.1 Å². The topological polar surface area (TPSA) is 21.3 Å². The van der Waals surface area contributed by atoms with E-state index in [0.29, 0.717) is 5.92 Å². The number of allylic oxidation sites excluding steroid dienone is 1. The van der Waals surface area contributed by atoms with Crippen molar-refractivity contribution in [2.45, 2.75) is 32.1 Å². The first-order valence-electron chi connectivity index (χ1n) is 6.99. The predicted octanol–water partition coefficient (Wildman–Crippen LogP) is 3.50. The van der Waals surface area contributed by atoms with Crippen molar-refractivity contribution in [3.8, 4) is 5.75 Å². The standard InChI is InChI=1S/C16H23NO/c1-2-17-12-7-3-4-8-14-11-13-18-16-10-6-5-9-15(14)16/h3-6,9-10,14,17H,2,7-8,11-13H2,1H3/b4-3+. The van der Waals surface area contributed by atoms with E-state index < -0.39 is 0 Å². The summed E-state index contributed by atoms with van der Waals surface area (Å²) < 4.78 is 5.68. The molecule has 1 aliphatic rings. The molecule has 2 nitrogen and oxygen atoms in total. The Morgan fingerprint density at radius 2 is 2.22 bits per heavy atom. The average Bonchev–Trinajstić information content (AvgIpc) is 2.43. The molecule has 2 rings (SSSR count). The minimum absolute atomic E-state index is 0.630. The summed E-state index contributed by atoms with van der Waals surface area (Å²) in [6.07, 6.45) is 8.00. The van der Waals surface area contributed by atoms with Gasteiger partial charge in [0.15, 0.2) is 0 Å². The highest BCUT2D eigenvalue weighted by molar-refractivity contribution is 5.38. The third-order valence-electron chi connectivity index (χ3n) is 3.41. The minimum atomic E-state index is 0.630. The van der Waals surface area contributed by atoms with Gasteiger partial charge in [-0.2, -0.15) is 0 Å². The summed E-state index contributed by atoms with van der Waals surface area (Å²) in [4.78, 5) is 0. The van der Waals surface area contributed by atoms with E-state index in [4.69, 9.17) is 4.74 Å². The number of benzene rings is 1. The van der Waals surface area contributed by atoms with Crippen LogP contribution in [0.2, 0.25) is 0 Å². The Hall–Kier alpha value is -1.28.